The van der Waals surface area contributed by atoms with Gasteiger partial charge in [0.05, 0.1) is 5.69 Å². The molecule has 0 radical (unpaired) electrons. The predicted octanol–water partition coefficient (Wildman–Crippen LogP) is 1.33. The van der Waals surface area contributed by atoms with E-state index in [0.29, 0.717) is 12.2 Å². The monoisotopic (exact) mass is 283 g/mol. The van der Waals surface area contributed by atoms with Crippen LogP contribution in [0, 0.1) is 0 Å². The first-order chi connectivity index (χ1) is 8.92. The molecule has 6 heteroatoms. The van der Waals surface area contributed by atoms with Gasteiger partial charge in [-0.15, -0.1) is 0 Å². The van der Waals surface area contributed by atoms with Crippen LogP contribution in [0.15, 0.2) is 18.2 Å². The summed E-state index contributed by atoms with van der Waals surface area (Å²) in [5, 5.41) is 3.27. The summed E-state index contributed by atoms with van der Waals surface area (Å²) < 4.78 is 28.5. The molecule has 0 atom stereocenters. The number of anilines is 1. The summed E-state index contributed by atoms with van der Waals surface area (Å²) in [5.74, 6) is 0. The van der Waals surface area contributed by atoms with E-state index >= 15 is 0 Å². The van der Waals surface area contributed by atoms with Gasteiger partial charge in [0.25, 0.3) is 0 Å². The molecule has 1 aliphatic rings. The predicted molar refractivity (Wildman–Crippen MR) is 77.3 cm³/mol. The molecule has 19 heavy (non-hydrogen) atoms. The first-order valence-corrected chi connectivity index (χ1v) is 7.93. The third-order valence-electron chi connectivity index (χ3n) is 3.49. The second-order valence-corrected chi connectivity index (χ2v) is 6.82. The number of nitrogens with zero attached hydrogens (tertiary/aromatic N) is 1. The molecule has 1 aromatic rings. The molecule has 0 saturated carbocycles. The van der Waals surface area contributed by atoms with Gasteiger partial charge in [-0.05, 0) is 44.0 Å². The fourth-order valence-corrected chi connectivity index (χ4v) is 3.27. The summed E-state index contributed by atoms with van der Waals surface area (Å²) in [6.07, 6.45) is 0.935. The van der Waals surface area contributed by atoms with Crippen LogP contribution in [-0.2, 0) is 23.2 Å². The summed E-state index contributed by atoms with van der Waals surface area (Å²) in [6, 6.07) is 5.70. The van der Waals surface area contributed by atoms with Gasteiger partial charge in [0.15, 0.2) is 0 Å². The Kier molecular flexibility index (Phi) is 4.13. The van der Waals surface area contributed by atoms with Gasteiger partial charge in [-0.2, -0.15) is 12.7 Å². The zero-order chi connectivity index (χ0) is 14.0. The van der Waals surface area contributed by atoms with Gasteiger partial charge in [0, 0.05) is 19.6 Å². The molecule has 0 amide bonds. The summed E-state index contributed by atoms with van der Waals surface area (Å²) in [5.41, 5.74) is 2.94. The smallest absolute Gasteiger partial charge is 0.301 e. The van der Waals surface area contributed by atoms with Gasteiger partial charge in [0.1, 0.15) is 0 Å². The molecule has 1 heterocycles. The van der Waals surface area contributed by atoms with E-state index in [1.54, 1.807) is 7.05 Å². The summed E-state index contributed by atoms with van der Waals surface area (Å²) >= 11 is 0. The molecular formula is C13H21N3O2S. The highest BCUT2D eigenvalue weighted by molar-refractivity contribution is 7.90. The van der Waals surface area contributed by atoms with E-state index in [2.05, 4.69) is 16.1 Å². The molecular weight excluding hydrogens is 262 g/mol. The largest absolute Gasteiger partial charge is 0.312 e. The molecule has 0 aliphatic carbocycles. The molecule has 2 rings (SSSR count). The van der Waals surface area contributed by atoms with Crippen molar-refractivity contribution in [1.29, 1.82) is 0 Å². The van der Waals surface area contributed by atoms with Gasteiger partial charge in [0.2, 0.25) is 0 Å². The minimum atomic E-state index is -3.49. The van der Waals surface area contributed by atoms with E-state index in [1.807, 2.05) is 26.0 Å². The highest BCUT2D eigenvalue weighted by Crippen LogP contribution is 2.24. The average Bonchev–Trinajstić information content (AvgIpc) is 2.38. The first kappa shape index (κ1) is 14.3. The number of rotatable bonds is 4. The van der Waals surface area contributed by atoms with Gasteiger partial charge in [-0.1, -0.05) is 12.1 Å². The Morgan fingerprint density at radius 1 is 1.37 bits per heavy atom. The first-order valence-electron chi connectivity index (χ1n) is 6.49. The van der Waals surface area contributed by atoms with Crippen LogP contribution in [0.2, 0.25) is 0 Å². The lowest BCUT2D eigenvalue weighted by Gasteiger charge is -2.25. The summed E-state index contributed by atoms with van der Waals surface area (Å²) in [4.78, 5) is 0. The topological polar surface area (TPSA) is 61.4 Å². The fourth-order valence-electron chi connectivity index (χ4n) is 2.10. The van der Waals surface area contributed by atoms with Crippen LogP contribution in [0.25, 0.3) is 0 Å². The maximum absolute atomic E-state index is 12.2. The van der Waals surface area contributed by atoms with Crippen molar-refractivity contribution in [2.75, 3.05) is 18.3 Å². The van der Waals surface area contributed by atoms with Crippen molar-refractivity contribution < 1.29 is 8.42 Å². The SMILES string of the molecule is CC(C)N(C)S(=O)(=O)Nc1cccc2c1CNCC2. The zero-order valence-electron chi connectivity index (χ0n) is 11.6. The maximum Gasteiger partial charge on any atom is 0.301 e. The Labute approximate surface area is 115 Å². The summed E-state index contributed by atoms with van der Waals surface area (Å²) in [6.45, 7) is 5.34. The molecule has 0 spiro atoms. The normalized spacial score (nSPS) is 15.6. The molecule has 5 nitrogen and oxygen atoms in total. The molecule has 0 bridgehead atoms. The van der Waals surface area contributed by atoms with Crippen molar-refractivity contribution in [3.8, 4) is 0 Å². The molecule has 106 valence electrons. The molecule has 0 unspecified atom stereocenters. The fraction of sp³-hybridized carbons (Fsp3) is 0.538. The van der Waals surface area contributed by atoms with E-state index in [9.17, 15) is 8.42 Å². The van der Waals surface area contributed by atoms with Crippen molar-refractivity contribution in [2.45, 2.75) is 32.9 Å². The third kappa shape index (κ3) is 3.08. The van der Waals surface area contributed by atoms with Crippen LogP contribution in [0.3, 0.4) is 0 Å². The van der Waals surface area contributed by atoms with Gasteiger partial charge in [-0.3, -0.25) is 4.72 Å². The van der Waals surface area contributed by atoms with Crippen molar-refractivity contribution in [1.82, 2.24) is 9.62 Å². The standard InChI is InChI=1S/C13H21N3O2S/c1-10(2)16(3)19(17,18)15-13-6-4-5-11-7-8-14-9-12(11)13/h4-6,10,14-15H,7-9H2,1-3H3. The number of nitrogens with one attached hydrogen (secondary N) is 2. The van der Waals surface area contributed by atoms with Crippen LogP contribution in [0.5, 0.6) is 0 Å². The Morgan fingerprint density at radius 3 is 2.79 bits per heavy atom. The molecule has 1 aromatic carbocycles. The second kappa shape index (κ2) is 5.48. The number of benzene rings is 1. The lowest BCUT2D eigenvalue weighted by molar-refractivity contribution is 0.414. The van der Waals surface area contributed by atoms with Crippen molar-refractivity contribution in [2.24, 2.45) is 0 Å². The van der Waals surface area contributed by atoms with Gasteiger partial charge in [-0.25, -0.2) is 0 Å². The van der Waals surface area contributed by atoms with E-state index in [1.165, 1.54) is 9.87 Å². The van der Waals surface area contributed by atoms with E-state index in [-0.39, 0.29) is 6.04 Å². The minimum absolute atomic E-state index is 0.0739. The highest BCUT2D eigenvalue weighted by atomic mass is 32.2. The molecule has 0 fully saturated rings. The molecule has 0 saturated heterocycles. The molecule has 0 aromatic heterocycles. The van der Waals surface area contributed by atoms with Crippen LogP contribution in [-0.4, -0.2) is 32.4 Å². The Hall–Kier alpha value is -1.11. The van der Waals surface area contributed by atoms with E-state index in [4.69, 9.17) is 0 Å². The van der Waals surface area contributed by atoms with Crippen LogP contribution in [0.4, 0.5) is 5.69 Å². The number of hydrogen-bond donors (Lipinski definition) is 2. The Balaban J connectivity index is 2.29. The van der Waals surface area contributed by atoms with Crippen molar-refractivity contribution in [3.63, 3.8) is 0 Å². The van der Waals surface area contributed by atoms with Crippen LogP contribution < -0.4 is 10.0 Å². The third-order valence-corrected chi connectivity index (χ3v) is 5.15. The lowest BCUT2D eigenvalue weighted by Crippen LogP contribution is -2.38. The lowest BCUT2D eigenvalue weighted by atomic mass is 10.00. The van der Waals surface area contributed by atoms with Gasteiger partial charge >= 0.3 is 10.2 Å². The highest BCUT2D eigenvalue weighted by Gasteiger charge is 2.22. The maximum atomic E-state index is 12.2. The number of hydrogen-bond acceptors (Lipinski definition) is 3. The summed E-state index contributed by atoms with van der Waals surface area (Å²) in [7, 11) is -1.91. The van der Waals surface area contributed by atoms with Crippen LogP contribution in [0.1, 0.15) is 25.0 Å². The molecule has 2 N–H and O–H groups in total. The zero-order valence-corrected chi connectivity index (χ0v) is 12.4. The molecule has 1 aliphatic heterocycles. The Morgan fingerprint density at radius 2 is 2.11 bits per heavy atom. The minimum Gasteiger partial charge on any atom is -0.312 e. The van der Waals surface area contributed by atoms with Crippen LogP contribution >= 0.6 is 0 Å². The van der Waals surface area contributed by atoms with Crippen molar-refractivity contribution in [3.05, 3.63) is 29.3 Å². The Bertz CT molecular complexity index is 555. The van der Waals surface area contributed by atoms with Gasteiger partial charge < -0.3 is 5.32 Å². The van der Waals surface area contributed by atoms with E-state index in [0.717, 1.165) is 18.5 Å². The average molecular weight is 283 g/mol. The van der Waals surface area contributed by atoms with E-state index < -0.39 is 10.2 Å². The van der Waals surface area contributed by atoms with Crippen molar-refractivity contribution >= 4 is 15.9 Å². The quantitative estimate of drug-likeness (QED) is 0.876. The number of fused-ring (bicyclic) bond motifs is 1. The second-order valence-electron chi connectivity index (χ2n) is 5.09.